The number of allylic oxidation sites excluding steroid dienone is 1. The summed E-state index contributed by atoms with van der Waals surface area (Å²) in [5.41, 5.74) is 6.39. The fourth-order valence-corrected chi connectivity index (χ4v) is 2.39. The molecule has 0 bridgehead atoms. The fraction of sp³-hybridized carbons (Fsp3) is 0.471. The van der Waals surface area contributed by atoms with Crippen LogP contribution in [0.4, 0.5) is 0 Å². The van der Waals surface area contributed by atoms with E-state index < -0.39 is 5.79 Å². The number of rotatable bonds is 3. The number of benzene rings is 1. The molecule has 1 aromatic rings. The van der Waals surface area contributed by atoms with Crippen LogP contribution in [0.2, 0.25) is 0 Å². The van der Waals surface area contributed by atoms with Gasteiger partial charge < -0.3 is 9.47 Å². The second-order valence-electron chi connectivity index (χ2n) is 5.32. The van der Waals surface area contributed by atoms with E-state index in [0.717, 1.165) is 36.3 Å². The van der Waals surface area contributed by atoms with Crippen molar-refractivity contribution in [1.29, 1.82) is 0 Å². The molecule has 102 valence electrons. The minimum atomic E-state index is -0.604. The van der Waals surface area contributed by atoms with Gasteiger partial charge in [0, 0.05) is 11.1 Å². The Bertz CT molecular complexity index is 472. The van der Waals surface area contributed by atoms with E-state index in [4.69, 9.17) is 9.47 Å². The molecule has 0 atom stereocenters. The molecular weight excluding hydrogens is 236 g/mol. The summed E-state index contributed by atoms with van der Waals surface area (Å²) in [6, 6.07) is 8.32. The van der Waals surface area contributed by atoms with Crippen LogP contribution in [0, 0.1) is 5.92 Å². The molecular formula is C17H22O2. The van der Waals surface area contributed by atoms with Gasteiger partial charge in [0.05, 0.1) is 13.2 Å². The van der Waals surface area contributed by atoms with Gasteiger partial charge in [0.15, 0.2) is 5.79 Å². The molecule has 1 heterocycles. The van der Waals surface area contributed by atoms with Crippen molar-refractivity contribution in [1.82, 2.24) is 0 Å². The summed E-state index contributed by atoms with van der Waals surface area (Å²) in [7, 11) is 0. The monoisotopic (exact) mass is 258 g/mol. The zero-order valence-electron chi connectivity index (χ0n) is 12.0. The summed E-state index contributed by atoms with van der Waals surface area (Å²) in [6.45, 7) is 11.6. The summed E-state index contributed by atoms with van der Waals surface area (Å²) >= 11 is 0. The average Bonchev–Trinajstić information content (AvgIpc) is 2.40. The molecule has 0 spiro atoms. The Kier molecular flexibility index (Phi) is 4.26. The molecule has 0 amide bonds. The number of hydrogen-bond acceptors (Lipinski definition) is 2. The van der Waals surface area contributed by atoms with Crippen molar-refractivity contribution in [2.24, 2.45) is 5.92 Å². The lowest BCUT2D eigenvalue weighted by atomic mass is 9.94. The van der Waals surface area contributed by atoms with Crippen molar-refractivity contribution >= 4 is 5.57 Å². The topological polar surface area (TPSA) is 18.5 Å². The molecule has 0 aliphatic carbocycles. The third-order valence-corrected chi connectivity index (χ3v) is 3.53. The summed E-state index contributed by atoms with van der Waals surface area (Å²) < 4.78 is 11.5. The highest BCUT2D eigenvalue weighted by Gasteiger charge is 2.31. The second kappa shape index (κ2) is 5.75. The lowest BCUT2D eigenvalue weighted by molar-refractivity contribution is -0.264. The van der Waals surface area contributed by atoms with Gasteiger partial charge in [0.1, 0.15) is 0 Å². The van der Waals surface area contributed by atoms with Crippen molar-refractivity contribution in [2.45, 2.75) is 33.0 Å². The lowest BCUT2D eigenvalue weighted by Crippen LogP contribution is -2.34. The highest BCUT2D eigenvalue weighted by molar-refractivity contribution is 5.66. The summed E-state index contributed by atoms with van der Waals surface area (Å²) in [6.07, 6.45) is 0.963. The van der Waals surface area contributed by atoms with Gasteiger partial charge in [-0.1, -0.05) is 44.7 Å². The molecule has 1 saturated heterocycles. The first kappa shape index (κ1) is 14.1. The molecule has 1 aliphatic rings. The van der Waals surface area contributed by atoms with Crippen LogP contribution in [0.3, 0.4) is 0 Å². The van der Waals surface area contributed by atoms with Crippen LogP contribution >= 0.6 is 0 Å². The SMILES string of the molecule is C=C=C(c1ccc(C2(C)OCCCO2)cc1)C(C)C. The first-order chi connectivity index (χ1) is 9.07. The van der Waals surface area contributed by atoms with Crippen molar-refractivity contribution < 1.29 is 9.47 Å². The minimum absolute atomic E-state index is 0.418. The smallest absolute Gasteiger partial charge is 0.191 e. The molecule has 0 aromatic heterocycles. The van der Waals surface area contributed by atoms with Crippen molar-refractivity contribution in [3.05, 3.63) is 47.7 Å². The third kappa shape index (κ3) is 2.98. The quantitative estimate of drug-likeness (QED) is 0.759. The molecule has 1 aromatic carbocycles. The van der Waals surface area contributed by atoms with E-state index in [1.165, 1.54) is 0 Å². The molecule has 19 heavy (non-hydrogen) atoms. The van der Waals surface area contributed by atoms with Crippen LogP contribution in [0.25, 0.3) is 5.57 Å². The highest BCUT2D eigenvalue weighted by Crippen LogP contribution is 2.31. The van der Waals surface area contributed by atoms with Crippen LogP contribution in [0.15, 0.2) is 36.6 Å². The maximum absolute atomic E-state index is 5.77. The van der Waals surface area contributed by atoms with Crippen molar-refractivity contribution in [3.8, 4) is 0 Å². The molecule has 2 nitrogen and oxygen atoms in total. The minimum Gasteiger partial charge on any atom is -0.346 e. The molecule has 1 fully saturated rings. The predicted molar refractivity (Wildman–Crippen MR) is 77.7 cm³/mol. The molecule has 0 N–H and O–H groups in total. The Morgan fingerprint density at radius 2 is 1.79 bits per heavy atom. The van der Waals surface area contributed by atoms with Crippen molar-refractivity contribution in [3.63, 3.8) is 0 Å². The standard InChI is InChI=1S/C17H22O2/c1-5-16(13(2)3)14-7-9-15(10-8-14)17(4)18-11-6-12-19-17/h7-10,13H,1,6,11-12H2,2-4H3. The Labute approximate surface area is 115 Å². The van der Waals surface area contributed by atoms with Gasteiger partial charge in [-0.25, -0.2) is 0 Å². The summed E-state index contributed by atoms with van der Waals surface area (Å²) in [4.78, 5) is 0. The van der Waals surface area contributed by atoms with E-state index in [-0.39, 0.29) is 0 Å². The zero-order valence-corrected chi connectivity index (χ0v) is 12.0. The number of ether oxygens (including phenoxy) is 2. The van der Waals surface area contributed by atoms with E-state index >= 15 is 0 Å². The van der Waals surface area contributed by atoms with Gasteiger partial charge in [0.25, 0.3) is 0 Å². The van der Waals surface area contributed by atoms with Gasteiger partial charge in [-0.3, -0.25) is 0 Å². The average molecular weight is 258 g/mol. The van der Waals surface area contributed by atoms with Gasteiger partial charge in [-0.15, -0.1) is 5.73 Å². The fourth-order valence-electron chi connectivity index (χ4n) is 2.39. The normalized spacial score (nSPS) is 18.1. The lowest BCUT2D eigenvalue weighted by Gasteiger charge is -2.34. The van der Waals surface area contributed by atoms with Gasteiger partial charge >= 0.3 is 0 Å². The second-order valence-corrected chi connectivity index (χ2v) is 5.32. The Morgan fingerprint density at radius 1 is 1.21 bits per heavy atom. The first-order valence-corrected chi connectivity index (χ1v) is 6.85. The van der Waals surface area contributed by atoms with Crippen LogP contribution in [0.5, 0.6) is 0 Å². The molecule has 1 aliphatic heterocycles. The maximum Gasteiger partial charge on any atom is 0.191 e. The Balaban J connectivity index is 2.25. The number of hydrogen-bond donors (Lipinski definition) is 0. The predicted octanol–water partition coefficient (Wildman–Crippen LogP) is 4.12. The highest BCUT2D eigenvalue weighted by atomic mass is 16.7. The van der Waals surface area contributed by atoms with Gasteiger partial charge in [-0.2, -0.15) is 0 Å². The largest absolute Gasteiger partial charge is 0.346 e. The van der Waals surface area contributed by atoms with Crippen LogP contribution in [-0.2, 0) is 15.3 Å². The van der Waals surface area contributed by atoms with E-state index in [1.54, 1.807) is 0 Å². The Morgan fingerprint density at radius 3 is 2.26 bits per heavy atom. The first-order valence-electron chi connectivity index (χ1n) is 6.85. The van der Waals surface area contributed by atoms with E-state index in [0.29, 0.717) is 5.92 Å². The van der Waals surface area contributed by atoms with Gasteiger partial charge in [0.2, 0.25) is 0 Å². The van der Waals surface area contributed by atoms with Gasteiger partial charge in [-0.05, 0) is 24.8 Å². The molecule has 0 unspecified atom stereocenters. The third-order valence-electron chi connectivity index (χ3n) is 3.53. The van der Waals surface area contributed by atoms with Crippen LogP contribution in [0.1, 0.15) is 38.3 Å². The molecule has 2 rings (SSSR count). The van der Waals surface area contributed by atoms with Crippen LogP contribution < -0.4 is 0 Å². The van der Waals surface area contributed by atoms with Crippen molar-refractivity contribution in [2.75, 3.05) is 13.2 Å². The van der Waals surface area contributed by atoms with Crippen LogP contribution in [-0.4, -0.2) is 13.2 Å². The molecule has 0 radical (unpaired) electrons. The van der Waals surface area contributed by atoms with E-state index in [2.05, 4.69) is 50.4 Å². The van der Waals surface area contributed by atoms with E-state index in [1.807, 2.05) is 6.92 Å². The maximum atomic E-state index is 5.77. The molecule has 2 heteroatoms. The molecule has 0 saturated carbocycles. The summed E-state index contributed by atoms with van der Waals surface area (Å²) in [5.74, 6) is -0.187. The zero-order chi connectivity index (χ0) is 13.9. The van der Waals surface area contributed by atoms with E-state index in [9.17, 15) is 0 Å². The summed E-state index contributed by atoms with van der Waals surface area (Å²) in [5, 5.41) is 0. The Hall–Kier alpha value is -1.34.